The molecule has 1 saturated carbocycles. The first-order valence-electron chi connectivity index (χ1n) is 12.5. The van der Waals surface area contributed by atoms with Crippen LogP contribution in [0.5, 0.6) is 5.75 Å². The van der Waals surface area contributed by atoms with E-state index in [-0.39, 0.29) is 17.8 Å². The molecule has 0 amide bonds. The van der Waals surface area contributed by atoms with Crippen LogP contribution >= 0.6 is 0 Å². The van der Waals surface area contributed by atoms with Crippen molar-refractivity contribution in [2.75, 3.05) is 14.2 Å². The predicted octanol–water partition coefficient (Wildman–Crippen LogP) is 4.57. The van der Waals surface area contributed by atoms with Crippen molar-refractivity contribution in [1.82, 2.24) is 5.32 Å². The Hall–Kier alpha value is -3.09. The van der Waals surface area contributed by atoms with Crippen molar-refractivity contribution >= 4 is 17.7 Å². The number of esters is 2. The highest BCUT2D eigenvalue weighted by Crippen LogP contribution is 2.46. The zero-order valence-electron chi connectivity index (χ0n) is 21.0. The number of hydrogen-bond acceptors (Lipinski definition) is 7. The lowest BCUT2D eigenvalue weighted by molar-refractivity contribution is -0.151. The molecule has 1 N–H and O–H groups in total. The van der Waals surface area contributed by atoms with Crippen LogP contribution in [0.25, 0.3) is 0 Å². The van der Waals surface area contributed by atoms with Gasteiger partial charge in [-0.25, -0.2) is 4.79 Å². The van der Waals surface area contributed by atoms with E-state index in [1.165, 1.54) is 7.11 Å². The zero-order valence-corrected chi connectivity index (χ0v) is 21.0. The van der Waals surface area contributed by atoms with Crippen LogP contribution in [0.15, 0.2) is 46.8 Å². The van der Waals surface area contributed by atoms with Crippen LogP contribution in [0.4, 0.5) is 0 Å². The van der Waals surface area contributed by atoms with Gasteiger partial charge in [0.25, 0.3) is 0 Å². The van der Waals surface area contributed by atoms with Crippen molar-refractivity contribution in [3.63, 3.8) is 0 Å². The minimum Gasteiger partial charge on any atom is -0.497 e. The lowest BCUT2D eigenvalue weighted by Crippen LogP contribution is -2.43. The third-order valence-corrected chi connectivity index (χ3v) is 7.49. The van der Waals surface area contributed by atoms with Gasteiger partial charge >= 0.3 is 11.9 Å². The van der Waals surface area contributed by atoms with Gasteiger partial charge in [-0.1, -0.05) is 31.9 Å². The smallest absolute Gasteiger partial charge is 0.337 e. The maximum absolute atomic E-state index is 13.8. The third-order valence-electron chi connectivity index (χ3n) is 7.49. The number of nitrogens with one attached hydrogen (secondary N) is 1. The Morgan fingerprint density at radius 1 is 1.00 bits per heavy atom. The molecule has 1 aromatic rings. The van der Waals surface area contributed by atoms with Gasteiger partial charge in [-0.05, 0) is 62.6 Å². The minimum atomic E-state index is -0.904. The maximum Gasteiger partial charge on any atom is 0.337 e. The summed E-state index contributed by atoms with van der Waals surface area (Å²) in [5, 5.41) is 3.32. The first kappa shape index (κ1) is 25.0. The molecule has 3 atom stereocenters. The minimum absolute atomic E-state index is 0.123. The normalized spacial score (nSPS) is 25.4. The van der Waals surface area contributed by atoms with Crippen molar-refractivity contribution in [3.05, 3.63) is 52.4 Å². The largest absolute Gasteiger partial charge is 0.497 e. The van der Waals surface area contributed by atoms with Crippen LogP contribution in [0.1, 0.15) is 70.3 Å². The molecule has 0 aromatic heterocycles. The van der Waals surface area contributed by atoms with Gasteiger partial charge in [-0.15, -0.1) is 0 Å². The van der Waals surface area contributed by atoms with E-state index in [1.54, 1.807) is 7.11 Å². The fourth-order valence-corrected chi connectivity index (χ4v) is 5.66. The SMILES string of the molecule is COC(=O)C1C(=O)C2=C(CC1C)NC(C)=C(C(=O)OC1CCCCCC1)C2c1ccc(OC)cc1. The lowest BCUT2D eigenvalue weighted by Gasteiger charge is -2.38. The maximum atomic E-state index is 13.8. The number of carbonyl (C=O) groups is 3. The second-order valence-corrected chi connectivity index (χ2v) is 9.83. The number of methoxy groups -OCH3 is 2. The van der Waals surface area contributed by atoms with Gasteiger partial charge < -0.3 is 19.5 Å². The fourth-order valence-electron chi connectivity index (χ4n) is 5.66. The molecule has 35 heavy (non-hydrogen) atoms. The molecule has 4 rings (SSSR count). The molecule has 0 radical (unpaired) electrons. The summed E-state index contributed by atoms with van der Waals surface area (Å²) in [5.41, 5.74) is 3.08. The van der Waals surface area contributed by atoms with Gasteiger partial charge in [0.05, 0.1) is 19.8 Å². The number of ketones is 1. The third kappa shape index (κ3) is 5.00. The number of carbonyl (C=O) groups excluding carboxylic acids is 3. The molecule has 1 fully saturated rings. The molecule has 7 nitrogen and oxygen atoms in total. The summed E-state index contributed by atoms with van der Waals surface area (Å²) < 4.78 is 16.3. The number of dihydropyridines is 1. The first-order chi connectivity index (χ1) is 16.8. The highest BCUT2D eigenvalue weighted by molar-refractivity contribution is 6.12. The summed E-state index contributed by atoms with van der Waals surface area (Å²) in [6.45, 7) is 3.73. The van der Waals surface area contributed by atoms with Gasteiger partial charge in [-0.3, -0.25) is 9.59 Å². The van der Waals surface area contributed by atoms with Crippen molar-refractivity contribution in [3.8, 4) is 5.75 Å². The second kappa shape index (κ2) is 10.7. The summed E-state index contributed by atoms with van der Waals surface area (Å²) in [6, 6.07) is 7.36. The van der Waals surface area contributed by atoms with E-state index in [2.05, 4.69) is 5.32 Å². The van der Waals surface area contributed by atoms with Crippen molar-refractivity contribution in [2.45, 2.75) is 70.8 Å². The molecule has 188 valence electrons. The summed E-state index contributed by atoms with van der Waals surface area (Å²) >= 11 is 0. The van der Waals surface area contributed by atoms with E-state index in [0.717, 1.165) is 49.8 Å². The van der Waals surface area contributed by atoms with Crippen molar-refractivity contribution < 1.29 is 28.6 Å². The van der Waals surface area contributed by atoms with Crippen LogP contribution in [-0.2, 0) is 23.9 Å². The molecule has 3 aliphatic rings. The lowest BCUT2D eigenvalue weighted by atomic mass is 9.69. The molecule has 1 heterocycles. The Balaban J connectivity index is 1.76. The van der Waals surface area contributed by atoms with Gasteiger partial charge in [-0.2, -0.15) is 0 Å². The number of ether oxygens (including phenoxy) is 3. The Labute approximate surface area is 206 Å². The number of allylic oxidation sites excluding steroid dienone is 3. The van der Waals surface area contributed by atoms with E-state index in [9.17, 15) is 14.4 Å². The van der Waals surface area contributed by atoms with Crippen LogP contribution in [0, 0.1) is 11.8 Å². The molecule has 7 heteroatoms. The van der Waals surface area contributed by atoms with Crippen LogP contribution < -0.4 is 10.1 Å². The topological polar surface area (TPSA) is 90.9 Å². The number of hydrogen-bond donors (Lipinski definition) is 1. The van der Waals surface area contributed by atoms with Crippen LogP contribution in [0.2, 0.25) is 0 Å². The van der Waals surface area contributed by atoms with Crippen molar-refractivity contribution in [1.29, 1.82) is 0 Å². The van der Waals surface area contributed by atoms with Crippen LogP contribution in [0.3, 0.4) is 0 Å². The van der Waals surface area contributed by atoms with E-state index in [1.807, 2.05) is 38.1 Å². The van der Waals surface area contributed by atoms with E-state index >= 15 is 0 Å². The average molecular weight is 482 g/mol. The van der Waals surface area contributed by atoms with Gasteiger partial charge in [0, 0.05) is 22.9 Å². The van der Waals surface area contributed by atoms with Crippen LogP contribution in [-0.4, -0.2) is 38.0 Å². The quantitative estimate of drug-likeness (QED) is 0.374. The Bertz CT molecular complexity index is 1050. The molecular weight excluding hydrogens is 446 g/mol. The molecule has 2 aliphatic carbocycles. The molecule has 0 saturated heterocycles. The first-order valence-corrected chi connectivity index (χ1v) is 12.5. The summed E-state index contributed by atoms with van der Waals surface area (Å²) in [7, 11) is 2.89. The Kier molecular flexibility index (Phi) is 7.63. The van der Waals surface area contributed by atoms with Crippen molar-refractivity contribution in [2.24, 2.45) is 11.8 Å². The molecule has 1 aliphatic heterocycles. The van der Waals surface area contributed by atoms with E-state index < -0.39 is 23.8 Å². The molecule has 0 spiro atoms. The molecule has 1 aromatic carbocycles. The van der Waals surface area contributed by atoms with Gasteiger partial charge in [0.1, 0.15) is 17.8 Å². The average Bonchev–Trinajstić information content (AvgIpc) is 3.11. The molecule has 3 unspecified atom stereocenters. The highest BCUT2D eigenvalue weighted by atomic mass is 16.5. The predicted molar refractivity (Wildman–Crippen MR) is 130 cm³/mol. The Morgan fingerprint density at radius 2 is 1.66 bits per heavy atom. The standard InChI is InChI=1S/C28H35NO6/c1-16-15-21-25(26(30)22(16)27(31)34-4)24(18-11-13-19(33-3)14-12-18)23(17(2)29-21)28(32)35-20-9-7-5-6-8-10-20/h11-14,16,20,22,24,29H,5-10,15H2,1-4H3. The Morgan fingerprint density at radius 3 is 2.26 bits per heavy atom. The van der Waals surface area contributed by atoms with Gasteiger partial charge in [0.15, 0.2) is 5.78 Å². The summed E-state index contributed by atoms with van der Waals surface area (Å²) in [4.78, 5) is 40.0. The van der Waals surface area contributed by atoms with E-state index in [4.69, 9.17) is 14.2 Å². The van der Waals surface area contributed by atoms with E-state index in [0.29, 0.717) is 29.0 Å². The molecular formula is C28H35NO6. The summed E-state index contributed by atoms with van der Waals surface area (Å²) in [5.74, 6) is -2.33. The van der Waals surface area contributed by atoms with Gasteiger partial charge in [0.2, 0.25) is 0 Å². The fraction of sp³-hybridized carbons (Fsp3) is 0.536. The second-order valence-electron chi connectivity index (χ2n) is 9.83. The monoisotopic (exact) mass is 481 g/mol. The summed E-state index contributed by atoms with van der Waals surface area (Å²) in [6.07, 6.45) is 6.50. The number of benzene rings is 1. The number of Topliss-reactive ketones (excluding diaryl/α,β-unsaturated/α-hetero) is 1. The number of rotatable bonds is 5. The highest BCUT2D eigenvalue weighted by Gasteiger charge is 2.47. The zero-order chi connectivity index (χ0) is 25.1. The molecule has 0 bridgehead atoms.